The highest BCUT2D eigenvalue weighted by atomic mass is 19.1. The maximum absolute atomic E-state index is 13.0. The van der Waals surface area contributed by atoms with Gasteiger partial charge in [-0.15, -0.1) is 0 Å². The first kappa shape index (κ1) is 14.4. The summed E-state index contributed by atoms with van der Waals surface area (Å²) in [6, 6.07) is 3.68. The van der Waals surface area contributed by atoms with Crippen LogP contribution in [-0.2, 0) is 6.54 Å². The zero-order chi connectivity index (χ0) is 13.7. The van der Waals surface area contributed by atoms with Gasteiger partial charge in [0.2, 0.25) is 0 Å². The topological polar surface area (TPSA) is 12.0 Å². The largest absolute Gasteiger partial charge is 0.313 e. The molecule has 106 valence electrons. The molecule has 1 fully saturated rings. The van der Waals surface area contributed by atoms with E-state index in [4.69, 9.17) is 0 Å². The smallest absolute Gasteiger partial charge is 0.126 e. The molecule has 1 aliphatic rings. The van der Waals surface area contributed by atoms with Crippen LogP contribution in [0.1, 0.15) is 44.6 Å². The van der Waals surface area contributed by atoms with Crippen molar-refractivity contribution in [1.82, 2.24) is 5.32 Å². The number of benzene rings is 1. The summed E-state index contributed by atoms with van der Waals surface area (Å²) in [6.45, 7) is 3.79. The summed E-state index contributed by atoms with van der Waals surface area (Å²) in [4.78, 5) is 0. The zero-order valence-electron chi connectivity index (χ0n) is 11.6. The highest BCUT2D eigenvalue weighted by Gasteiger charge is 2.18. The number of halogens is 2. The van der Waals surface area contributed by atoms with E-state index >= 15 is 0 Å². The molecular weight excluding hydrogens is 244 g/mol. The summed E-state index contributed by atoms with van der Waals surface area (Å²) in [5, 5.41) is 3.28. The van der Waals surface area contributed by atoms with Crippen molar-refractivity contribution in [3.8, 4) is 0 Å². The molecule has 0 heterocycles. The van der Waals surface area contributed by atoms with Crippen molar-refractivity contribution in [2.75, 3.05) is 6.54 Å². The van der Waals surface area contributed by atoms with Gasteiger partial charge in [0.05, 0.1) is 0 Å². The lowest BCUT2D eigenvalue weighted by Gasteiger charge is -2.26. The Bertz CT molecular complexity index is 385. The summed E-state index contributed by atoms with van der Waals surface area (Å²) < 4.78 is 26.0. The minimum absolute atomic E-state index is 0.502. The molecule has 2 rings (SSSR count). The third kappa shape index (κ3) is 4.90. The molecule has 0 saturated heterocycles. The van der Waals surface area contributed by atoms with Gasteiger partial charge in [0.25, 0.3) is 0 Å². The maximum Gasteiger partial charge on any atom is 0.126 e. The molecule has 1 aliphatic carbocycles. The second-order valence-corrected chi connectivity index (χ2v) is 5.88. The van der Waals surface area contributed by atoms with Crippen molar-refractivity contribution in [3.05, 3.63) is 35.4 Å². The predicted molar refractivity (Wildman–Crippen MR) is 73.8 cm³/mol. The Hall–Kier alpha value is -0.960. The molecule has 1 aromatic carbocycles. The molecule has 0 radical (unpaired) electrons. The van der Waals surface area contributed by atoms with Crippen LogP contribution in [0, 0.1) is 23.5 Å². The fourth-order valence-electron chi connectivity index (χ4n) is 3.07. The SMILES string of the molecule is CC1CCCC(CCNCc2cc(F)cc(F)c2)C1. The molecule has 0 aromatic heterocycles. The minimum atomic E-state index is -0.502. The molecule has 0 spiro atoms. The molecule has 0 aliphatic heterocycles. The van der Waals surface area contributed by atoms with Crippen LogP contribution in [0.15, 0.2) is 18.2 Å². The zero-order valence-corrected chi connectivity index (χ0v) is 11.6. The molecule has 1 saturated carbocycles. The fraction of sp³-hybridized carbons (Fsp3) is 0.625. The van der Waals surface area contributed by atoms with Gasteiger partial charge < -0.3 is 5.32 Å². The normalized spacial score (nSPS) is 23.5. The molecular formula is C16H23F2N. The summed E-state index contributed by atoms with van der Waals surface area (Å²) in [5.41, 5.74) is 0.675. The molecule has 1 aromatic rings. The van der Waals surface area contributed by atoms with E-state index in [0.29, 0.717) is 12.1 Å². The molecule has 1 N–H and O–H groups in total. The van der Waals surface area contributed by atoms with E-state index in [2.05, 4.69) is 12.2 Å². The van der Waals surface area contributed by atoms with Crippen molar-refractivity contribution >= 4 is 0 Å². The number of hydrogen-bond donors (Lipinski definition) is 1. The Morgan fingerprint density at radius 3 is 2.58 bits per heavy atom. The summed E-state index contributed by atoms with van der Waals surface area (Å²) in [6.07, 6.45) is 6.55. The lowest BCUT2D eigenvalue weighted by Crippen LogP contribution is -2.21. The van der Waals surface area contributed by atoms with Gasteiger partial charge in [-0.2, -0.15) is 0 Å². The predicted octanol–water partition coefficient (Wildman–Crippen LogP) is 4.27. The van der Waals surface area contributed by atoms with Gasteiger partial charge in [-0.05, 0) is 48.9 Å². The average Bonchev–Trinajstić information content (AvgIpc) is 2.34. The molecule has 0 bridgehead atoms. The third-order valence-electron chi connectivity index (χ3n) is 4.03. The van der Waals surface area contributed by atoms with Crippen molar-refractivity contribution in [2.24, 2.45) is 11.8 Å². The average molecular weight is 267 g/mol. The highest BCUT2D eigenvalue weighted by molar-refractivity contribution is 5.17. The lowest BCUT2D eigenvalue weighted by atomic mass is 9.81. The molecule has 19 heavy (non-hydrogen) atoms. The van der Waals surface area contributed by atoms with E-state index in [0.717, 1.165) is 24.4 Å². The first-order valence-electron chi connectivity index (χ1n) is 7.29. The second kappa shape index (κ2) is 6.99. The van der Waals surface area contributed by atoms with Gasteiger partial charge in [0.1, 0.15) is 11.6 Å². The molecule has 3 heteroatoms. The van der Waals surface area contributed by atoms with Gasteiger partial charge in [0.15, 0.2) is 0 Å². The lowest BCUT2D eigenvalue weighted by molar-refractivity contribution is 0.267. The van der Waals surface area contributed by atoms with Gasteiger partial charge >= 0.3 is 0 Å². The monoisotopic (exact) mass is 267 g/mol. The molecule has 1 nitrogen and oxygen atoms in total. The van der Waals surface area contributed by atoms with Crippen molar-refractivity contribution < 1.29 is 8.78 Å². The first-order chi connectivity index (χ1) is 9.13. The van der Waals surface area contributed by atoms with Crippen molar-refractivity contribution in [3.63, 3.8) is 0 Å². The summed E-state index contributed by atoms with van der Waals surface area (Å²) in [7, 11) is 0. The number of hydrogen-bond acceptors (Lipinski definition) is 1. The van der Waals surface area contributed by atoms with Crippen LogP contribution in [0.3, 0.4) is 0 Å². The van der Waals surface area contributed by atoms with Gasteiger partial charge in [-0.1, -0.05) is 26.2 Å². The van der Waals surface area contributed by atoms with Crippen LogP contribution >= 0.6 is 0 Å². The summed E-state index contributed by atoms with van der Waals surface area (Å²) >= 11 is 0. The number of nitrogens with one attached hydrogen (secondary N) is 1. The van der Waals surface area contributed by atoms with E-state index in [1.165, 1.54) is 44.2 Å². The van der Waals surface area contributed by atoms with Gasteiger partial charge in [0, 0.05) is 12.6 Å². The van der Waals surface area contributed by atoms with Gasteiger partial charge in [-0.25, -0.2) is 8.78 Å². The van der Waals surface area contributed by atoms with Crippen LogP contribution in [0.25, 0.3) is 0 Å². The molecule has 2 unspecified atom stereocenters. The Kier molecular flexibility index (Phi) is 5.32. The second-order valence-electron chi connectivity index (χ2n) is 5.88. The maximum atomic E-state index is 13.0. The molecule has 2 atom stereocenters. The van der Waals surface area contributed by atoms with Crippen LogP contribution < -0.4 is 5.32 Å². The Balaban J connectivity index is 1.68. The van der Waals surface area contributed by atoms with E-state index < -0.39 is 11.6 Å². The van der Waals surface area contributed by atoms with Crippen LogP contribution in [-0.4, -0.2) is 6.54 Å². The Morgan fingerprint density at radius 1 is 1.16 bits per heavy atom. The van der Waals surface area contributed by atoms with Crippen LogP contribution in [0.2, 0.25) is 0 Å². The van der Waals surface area contributed by atoms with Gasteiger partial charge in [-0.3, -0.25) is 0 Å². The summed E-state index contributed by atoms with van der Waals surface area (Å²) in [5.74, 6) is 0.673. The van der Waals surface area contributed by atoms with E-state index in [9.17, 15) is 8.78 Å². The molecule has 0 amide bonds. The number of rotatable bonds is 5. The minimum Gasteiger partial charge on any atom is -0.313 e. The van der Waals surface area contributed by atoms with Crippen molar-refractivity contribution in [1.29, 1.82) is 0 Å². The van der Waals surface area contributed by atoms with E-state index in [1.807, 2.05) is 0 Å². The fourth-order valence-corrected chi connectivity index (χ4v) is 3.07. The third-order valence-corrected chi connectivity index (χ3v) is 4.03. The Morgan fingerprint density at radius 2 is 1.89 bits per heavy atom. The van der Waals surface area contributed by atoms with E-state index in [1.54, 1.807) is 0 Å². The quantitative estimate of drug-likeness (QED) is 0.786. The van der Waals surface area contributed by atoms with E-state index in [-0.39, 0.29) is 0 Å². The van der Waals surface area contributed by atoms with Crippen LogP contribution in [0.4, 0.5) is 8.78 Å². The first-order valence-corrected chi connectivity index (χ1v) is 7.29. The highest BCUT2D eigenvalue weighted by Crippen LogP contribution is 2.30. The van der Waals surface area contributed by atoms with Crippen LogP contribution in [0.5, 0.6) is 0 Å². The standard InChI is InChI=1S/C16H23F2N/c1-12-3-2-4-13(7-12)5-6-19-11-14-8-15(17)10-16(18)9-14/h8-10,12-13,19H,2-7,11H2,1H3. The Labute approximate surface area is 114 Å². The van der Waals surface area contributed by atoms with Crippen molar-refractivity contribution in [2.45, 2.75) is 45.6 Å².